The molecule has 7 heteroatoms. The van der Waals surface area contributed by atoms with Crippen molar-refractivity contribution < 1.29 is 18.7 Å². The lowest BCUT2D eigenvalue weighted by molar-refractivity contribution is -0.132. The maximum atomic E-state index is 13.6. The van der Waals surface area contributed by atoms with Gasteiger partial charge >= 0.3 is 0 Å². The van der Waals surface area contributed by atoms with Crippen molar-refractivity contribution in [2.75, 3.05) is 46.2 Å². The topological polar surface area (TPSA) is 42.0 Å². The molecule has 1 fully saturated rings. The van der Waals surface area contributed by atoms with Crippen molar-refractivity contribution >= 4 is 17.7 Å². The molecule has 1 heterocycles. The number of ether oxygens (including phenoxy) is 2. The molecule has 0 spiro atoms. The van der Waals surface area contributed by atoms with Crippen molar-refractivity contribution in [2.24, 2.45) is 0 Å². The van der Waals surface area contributed by atoms with Crippen LogP contribution in [0.4, 0.5) is 4.39 Å². The Labute approximate surface area is 182 Å². The van der Waals surface area contributed by atoms with Gasteiger partial charge in [-0.25, -0.2) is 4.39 Å². The largest absolute Gasteiger partial charge is 0.497 e. The second kappa shape index (κ2) is 11.3. The lowest BCUT2D eigenvalue weighted by Crippen LogP contribution is -2.40. The van der Waals surface area contributed by atoms with Gasteiger partial charge in [0.15, 0.2) is 0 Å². The van der Waals surface area contributed by atoms with E-state index in [9.17, 15) is 9.18 Å². The van der Waals surface area contributed by atoms with Gasteiger partial charge in [-0.2, -0.15) is 0 Å². The first-order valence-corrected chi connectivity index (χ1v) is 11.2. The van der Waals surface area contributed by atoms with E-state index in [4.69, 9.17) is 9.47 Å². The van der Waals surface area contributed by atoms with Crippen LogP contribution in [-0.2, 0) is 16.1 Å². The fraction of sp³-hybridized carbons (Fsp3) is 0.435. The van der Waals surface area contributed by atoms with E-state index in [-0.39, 0.29) is 17.1 Å². The summed E-state index contributed by atoms with van der Waals surface area (Å²) in [6.07, 6.45) is 0.815. The zero-order chi connectivity index (χ0) is 21.3. The van der Waals surface area contributed by atoms with Gasteiger partial charge < -0.3 is 14.4 Å². The summed E-state index contributed by atoms with van der Waals surface area (Å²) in [6, 6.07) is 14.5. The van der Waals surface area contributed by atoms with Gasteiger partial charge in [-0.1, -0.05) is 24.3 Å². The molecule has 30 heavy (non-hydrogen) atoms. The van der Waals surface area contributed by atoms with Gasteiger partial charge in [-0.05, 0) is 41.8 Å². The van der Waals surface area contributed by atoms with Crippen LogP contribution in [0.25, 0.3) is 0 Å². The van der Waals surface area contributed by atoms with E-state index in [1.165, 1.54) is 12.1 Å². The second-order valence-electron chi connectivity index (χ2n) is 7.27. The Bertz CT molecular complexity index is 818. The van der Waals surface area contributed by atoms with E-state index in [2.05, 4.69) is 4.90 Å². The smallest absolute Gasteiger partial charge is 0.237 e. The summed E-state index contributed by atoms with van der Waals surface area (Å²) < 4.78 is 24.0. The Morgan fingerprint density at radius 1 is 1.23 bits per heavy atom. The van der Waals surface area contributed by atoms with Gasteiger partial charge in [0.05, 0.1) is 13.7 Å². The van der Waals surface area contributed by atoms with Gasteiger partial charge in [0.2, 0.25) is 5.91 Å². The fourth-order valence-corrected chi connectivity index (χ4v) is 4.87. The summed E-state index contributed by atoms with van der Waals surface area (Å²) >= 11 is 1.78. The zero-order valence-corrected chi connectivity index (χ0v) is 18.4. The number of hydrogen-bond donors (Lipinski definition) is 0. The quantitative estimate of drug-likeness (QED) is 0.532. The maximum absolute atomic E-state index is 13.6. The highest BCUT2D eigenvalue weighted by Crippen LogP contribution is 2.38. The monoisotopic (exact) mass is 432 g/mol. The maximum Gasteiger partial charge on any atom is 0.237 e. The number of rotatable bonds is 10. The van der Waals surface area contributed by atoms with Gasteiger partial charge in [-0.15, -0.1) is 11.8 Å². The van der Waals surface area contributed by atoms with Crippen LogP contribution in [0.5, 0.6) is 5.75 Å². The number of methoxy groups -OCH3 is 2. The average Bonchev–Trinajstić information content (AvgIpc) is 3.24. The Morgan fingerprint density at radius 3 is 2.73 bits per heavy atom. The predicted molar refractivity (Wildman–Crippen MR) is 118 cm³/mol. The Hall–Kier alpha value is -2.09. The molecule has 1 atom stereocenters. The van der Waals surface area contributed by atoms with E-state index in [0.29, 0.717) is 26.2 Å². The highest BCUT2D eigenvalue weighted by atomic mass is 32.2. The Balaban J connectivity index is 1.67. The van der Waals surface area contributed by atoms with Crippen LogP contribution >= 0.6 is 11.8 Å². The van der Waals surface area contributed by atoms with Crippen molar-refractivity contribution in [1.29, 1.82) is 0 Å². The molecule has 0 saturated carbocycles. The summed E-state index contributed by atoms with van der Waals surface area (Å²) in [7, 11) is 3.31. The molecule has 3 rings (SSSR count). The number of thioether (sulfide) groups is 1. The zero-order valence-electron chi connectivity index (χ0n) is 17.6. The van der Waals surface area contributed by atoms with Crippen LogP contribution in [0, 0.1) is 5.82 Å². The molecule has 1 aliphatic heterocycles. The lowest BCUT2D eigenvalue weighted by Gasteiger charge is -2.28. The standard InChI is InChI=1S/C23H29FN2O3S/c1-28-13-4-11-25(16-18-5-3-6-20(24)15-18)17-22(27)26-12-14-30-23(26)19-7-9-21(29-2)10-8-19/h3,5-10,15,23H,4,11-14,16-17H2,1-2H3. The number of carbonyl (C=O) groups is 1. The molecular formula is C23H29FN2O3S. The molecular weight excluding hydrogens is 403 g/mol. The van der Waals surface area contributed by atoms with Crippen LogP contribution in [0.3, 0.4) is 0 Å². The minimum absolute atomic E-state index is 0.0124. The lowest BCUT2D eigenvalue weighted by atomic mass is 10.2. The van der Waals surface area contributed by atoms with Crippen molar-refractivity contribution in [2.45, 2.75) is 18.3 Å². The molecule has 5 nitrogen and oxygen atoms in total. The highest BCUT2D eigenvalue weighted by molar-refractivity contribution is 7.99. The second-order valence-corrected chi connectivity index (χ2v) is 8.46. The molecule has 0 aromatic heterocycles. The van der Waals surface area contributed by atoms with Crippen molar-refractivity contribution in [1.82, 2.24) is 9.80 Å². The van der Waals surface area contributed by atoms with Crippen LogP contribution in [0.2, 0.25) is 0 Å². The van der Waals surface area contributed by atoms with Gasteiger partial charge in [0.1, 0.15) is 16.9 Å². The summed E-state index contributed by atoms with van der Waals surface area (Å²) in [5, 5.41) is 0.0124. The van der Waals surface area contributed by atoms with Gasteiger partial charge in [0.25, 0.3) is 0 Å². The number of hydrogen-bond acceptors (Lipinski definition) is 5. The van der Waals surface area contributed by atoms with Crippen LogP contribution in [0.1, 0.15) is 22.9 Å². The molecule has 0 N–H and O–H groups in total. The van der Waals surface area contributed by atoms with E-state index in [0.717, 1.165) is 35.6 Å². The molecule has 1 amide bonds. The van der Waals surface area contributed by atoms with Crippen molar-refractivity contribution in [3.05, 3.63) is 65.5 Å². The van der Waals surface area contributed by atoms with Crippen molar-refractivity contribution in [3.8, 4) is 5.75 Å². The van der Waals surface area contributed by atoms with Crippen LogP contribution in [-0.4, -0.2) is 61.9 Å². The highest BCUT2D eigenvalue weighted by Gasteiger charge is 2.31. The number of halogens is 1. The molecule has 162 valence electrons. The molecule has 0 aliphatic carbocycles. The number of benzene rings is 2. The normalized spacial score (nSPS) is 16.3. The summed E-state index contributed by atoms with van der Waals surface area (Å²) in [4.78, 5) is 17.2. The van der Waals surface area contributed by atoms with Gasteiger partial charge in [-0.3, -0.25) is 9.69 Å². The third kappa shape index (κ3) is 6.20. The minimum Gasteiger partial charge on any atom is -0.497 e. The molecule has 1 saturated heterocycles. The molecule has 2 aromatic rings. The molecule has 2 aromatic carbocycles. The first-order valence-electron chi connectivity index (χ1n) is 10.1. The van der Waals surface area contributed by atoms with E-state index >= 15 is 0 Å². The molecule has 1 aliphatic rings. The van der Waals surface area contributed by atoms with E-state index in [1.54, 1.807) is 32.0 Å². The minimum atomic E-state index is -0.258. The number of amides is 1. The van der Waals surface area contributed by atoms with E-state index in [1.807, 2.05) is 35.2 Å². The van der Waals surface area contributed by atoms with Gasteiger partial charge in [0, 0.05) is 39.1 Å². The van der Waals surface area contributed by atoms with E-state index < -0.39 is 0 Å². The summed E-state index contributed by atoms with van der Waals surface area (Å²) in [5.41, 5.74) is 1.96. The Morgan fingerprint density at radius 2 is 2.03 bits per heavy atom. The third-order valence-corrected chi connectivity index (χ3v) is 6.35. The van der Waals surface area contributed by atoms with Crippen LogP contribution < -0.4 is 4.74 Å². The SMILES string of the molecule is COCCCN(CC(=O)N1CCSC1c1ccc(OC)cc1)Cc1cccc(F)c1. The Kier molecular flexibility index (Phi) is 8.54. The van der Waals surface area contributed by atoms with Crippen LogP contribution in [0.15, 0.2) is 48.5 Å². The molecule has 0 bridgehead atoms. The fourth-order valence-electron chi connectivity index (χ4n) is 3.59. The summed E-state index contributed by atoms with van der Waals surface area (Å²) in [5.74, 6) is 1.55. The van der Waals surface area contributed by atoms with Crippen molar-refractivity contribution in [3.63, 3.8) is 0 Å². The summed E-state index contributed by atoms with van der Waals surface area (Å²) in [6.45, 7) is 2.90. The number of carbonyl (C=O) groups excluding carboxylic acids is 1. The third-order valence-electron chi connectivity index (χ3n) is 5.09. The number of nitrogens with zero attached hydrogens (tertiary/aromatic N) is 2. The first-order chi connectivity index (χ1) is 14.6. The molecule has 1 unspecified atom stereocenters. The predicted octanol–water partition coefficient (Wildman–Crippen LogP) is 3.95. The first kappa shape index (κ1) is 22.6. The molecule has 0 radical (unpaired) electrons. The average molecular weight is 433 g/mol.